The molecule has 0 saturated carbocycles. The van der Waals surface area contributed by atoms with E-state index in [2.05, 4.69) is 9.46 Å². The van der Waals surface area contributed by atoms with Gasteiger partial charge in [-0.25, -0.2) is 8.93 Å². The Balaban J connectivity index is 3.72. The van der Waals surface area contributed by atoms with Gasteiger partial charge in [0.15, 0.2) is 0 Å². The Morgan fingerprint density at radius 3 is 2.50 bits per heavy atom. The fraction of sp³-hybridized carbons (Fsp3) is 0.800. The summed E-state index contributed by atoms with van der Waals surface area (Å²) in [5.41, 5.74) is 0. The Morgan fingerprint density at radius 2 is 2.20 bits per heavy atom. The van der Waals surface area contributed by atoms with Gasteiger partial charge in [0, 0.05) is 6.26 Å². The third kappa shape index (κ3) is 3.58. The van der Waals surface area contributed by atoms with Crippen LogP contribution >= 0.6 is 0 Å². The lowest BCUT2D eigenvalue weighted by molar-refractivity contribution is -0.142. The Labute approximate surface area is 62.5 Å². The zero-order chi connectivity index (χ0) is 8.15. The van der Waals surface area contributed by atoms with Crippen molar-refractivity contribution in [1.82, 2.24) is 4.72 Å². The summed E-state index contributed by atoms with van der Waals surface area (Å²) in [5.74, 6) is -0.407. The molecule has 1 N–H and O–H groups in total. The van der Waals surface area contributed by atoms with E-state index in [1.807, 2.05) is 0 Å². The Kier molecular flexibility index (Phi) is 4.22. The molecule has 0 heterocycles. The minimum absolute atomic E-state index is 0.407. The molecule has 4 nitrogen and oxygen atoms in total. The summed E-state index contributed by atoms with van der Waals surface area (Å²) < 4.78 is 17.3. The van der Waals surface area contributed by atoms with Crippen LogP contribution in [0.1, 0.15) is 6.92 Å². The van der Waals surface area contributed by atoms with Crippen molar-refractivity contribution in [3.8, 4) is 0 Å². The van der Waals surface area contributed by atoms with Crippen LogP contribution in [0, 0.1) is 0 Å². The van der Waals surface area contributed by atoms with Crippen LogP contribution in [0.15, 0.2) is 0 Å². The molecule has 0 amide bonds. The number of methoxy groups -OCH3 is 1. The molecule has 0 bridgehead atoms. The summed E-state index contributed by atoms with van der Waals surface area (Å²) in [6, 6.07) is -0.504. The summed E-state index contributed by atoms with van der Waals surface area (Å²) in [6.45, 7) is 1.59. The number of carbonyl (C=O) groups excluding carboxylic acids is 1. The topological polar surface area (TPSA) is 55.4 Å². The maximum atomic E-state index is 10.6. The smallest absolute Gasteiger partial charge is 0.323 e. The fourth-order valence-electron chi connectivity index (χ4n) is 0.474. The monoisotopic (exact) mass is 165 g/mol. The van der Waals surface area contributed by atoms with E-state index >= 15 is 0 Å². The highest BCUT2D eigenvalue weighted by Crippen LogP contribution is 1.85. The lowest BCUT2D eigenvalue weighted by Crippen LogP contribution is -2.35. The highest BCUT2D eigenvalue weighted by molar-refractivity contribution is 7.82. The number of carbonyl (C=O) groups is 1. The van der Waals surface area contributed by atoms with Crippen molar-refractivity contribution in [1.29, 1.82) is 0 Å². The van der Waals surface area contributed by atoms with Gasteiger partial charge in [-0.3, -0.25) is 4.79 Å². The van der Waals surface area contributed by atoms with Gasteiger partial charge in [-0.15, -0.1) is 0 Å². The maximum absolute atomic E-state index is 10.6. The molecule has 1 unspecified atom stereocenters. The molecule has 60 valence electrons. The first kappa shape index (κ1) is 9.58. The van der Waals surface area contributed by atoms with Crippen molar-refractivity contribution >= 4 is 17.0 Å². The first-order chi connectivity index (χ1) is 4.57. The second-order valence-corrected chi connectivity index (χ2v) is 2.96. The highest BCUT2D eigenvalue weighted by Gasteiger charge is 2.12. The van der Waals surface area contributed by atoms with Crippen molar-refractivity contribution in [3.05, 3.63) is 0 Å². The predicted molar refractivity (Wildman–Crippen MR) is 38.7 cm³/mol. The second kappa shape index (κ2) is 4.40. The largest absolute Gasteiger partial charge is 0.468 e. The molecule has 0 spiro atoms. The quantitative estimate of drug-likeness (QED) is 0.570. The highest BCUT2D eigenvalue weighted by atomic mass is 32.2. The van der Waals surface area contributed by atoms with Crippen molar-refractivity contribution in [2.24, 2.45) is 0 Å². The minimum atomic E-state index is -1.17. The molecule has 0 aromatic carbocycles. The first-order valence-corrected chi connectivity index (χ1v) is 4.31. The first-order valence-electron chi connectivity index (χ1n) is 2.75. The maximum Gasteiger partial charge on any atom is 0.323 e. The lowest BCUT2D eigenvalue weighted by Gasteiger charge is -2.07. The van der Waals surface area contributed by atoms with Gasteiger partial charge < -0.3 is 4.74 Å². The lowest BCUT2D eigenvalue weighted by atomic mass is 10.4. The molecule has 5 heteroatoms. The summed E-state index contributed by atoms with van der Waals surface area (Å²) in [7, 11) is 0.122. The average molecular weight is 165 g/mol. The van der Waals surface area contributed by atoms with Crippen molar-refractivity contribution < 1.29 is 13.7 Å². The van der Waals surface area contributed by atoms with Crippen LogP contribution in [0.5, 0.6) is 0 Å². The Morgan fingerprint density at radius 1 is 1.70 bits per heavy atom. The van der Waals surface area contributed by atoms with Crippen LogP contribution in [0.25, 0.3) is 0 Å². The summed E-state index contributed by atoms with van der Waals surface area (Å²) in [5, 5.41) is 0. The van der Waals surface area contributed by atoms with E-state index in [9.17, 15) is 9.00 Å². The molecule has 2 atom stereocenters. The number of hydrogen-bond donors (Lipinski definition) is 1. The van der Waals surface area contributed by atoms with Crippen molar-refractivity contribution in [2.75, 3.05) is 13.4 Å². The van der Waals surface area contributed by atoms with Crippen LogP contribution < -0.4 is 4.72 Å². The Bertz CT molecular complexity index is 148. The third-order valence-corrected chi connectivity index (χ3v) is 1.58. The molecule has 0 radical (unpaired) electrons. The standard InChI is InChI=1S/C5H11NO3S/c1-4(5(7)9-2)6-10(3)8/h4,6H,1-3H3/t4-,10?/m0/s1. The van der Waals surface area contributed by atoms with Crippen LogP contribution in [-0.2, 0) is 20.5 Å². The van der Waals surface area contributed by atoms with E-state index in [4.69, 9.17) is 0 Å². The molecule has 0 aliphatic carbocycles. The van der Waals surface area contributed by atoms with Crippen molar-refractivity contribution in [2.45, 2.75) is 13.0 Å². The molecule has 0 fully saturated rings. The van der Waals surface area contributed by atoms with Gasteiger partial charge in [0.25, 0.3) is 0 Å². The third-order valence-electron chi connectivity index (χ3n) is 0.897. The normalized spacial score (nSPS) is 15.9. The minimum Gasteiger partial charge on any atom is -0.468 e. The fourth-order valence-corrected chi connectivity index (χ4v) is 1.07. The molecule has 0 aromatic rings. The molecule has 10 heavy (non-hydrogen) atoms. The molecular formula is C5H11NO3S. The number of nitrogens with one attached hydrogen (secondary N) is 1. The average Bonchev–Trinajstić information content (AvgIpc) is 1.85. The van der Waals surface area contributed by atoms with E-state index in [0.717, 1.165) is 0 Å². The molecule has 0 saturated heterocycles. The van der Waals surface area contributed by atoms with Crippen LogP contribution in [-0.4, -0.2) is 29.6 Å². The van der Waals surface area contributed by atoms with Gasteiger partial charge in [-0.05, 0) is 6.92 Å². The summed E-state index contributed by atoms with van der Waals surface area (Å²) in [6.07, 6.45) is 1.46. The summed E-state index contributed by atoms with van der Waals surface area (Å²) >= 11 is 0. The number of hydrogen-bond acceptors (Lipinski definition) is 3. The molecule has 0 aliphatic heterocycles. The second-order valence-electron chi connectivity index (χ2n) is 1.82. The zero-order valence-electron chi connectivity index (χ0n) is 6.21. The van der Waals surface area contributed by atoms with Crippen LogP contribution in [0.3, 0.4) is 0 Å². The van der Waals surface area contributed by atoms with Gasteiger partial charge in [0.1, 0.15) is 6.04 Å². The van der Waals surface area contributed by atoms with E-state index < -0.39 is 23.0 Å². The van der Waals surface area contributed by atoms with Crippen molar-refractivity contribution in [3.63, 3.8) is 0 Å². The molecule has 0 aromatic heterocycles. The Hall–Kier alpha value is -0.420. The van der Waals surface area contributed by atoms with Crippen LogP contribution in [0.2, 0.25) is 0 Å². The zero-order valence-corrected chi connectivity index (χ0v) is 7.03. The van der Waals surface area contributed by atoms with Gasteiger partial charge >= 0.3 is 5.97 Å². The van der Waals surface area contributed by atoms with Gasteiger partial charge in [-0.1, -0.05) is 0 Å². The van der Waals surface area contributed by atoms with Gasteiger partial charge in [0.05, 0.1) is 18.1 Å². The SMILES string of the molecule is COC(=O)[C@H](C)NS(C)=O. The number of rotatable bonds is 3. The van der Waals surface area contributed by atoms with Gasteiger partial charge in [0.2, 0.25) is 0 Å². The van der Waals surface area contributed by atoms with E-state index in [1.54, 1.807) is 6.92 Å². The number of ether oxygens (including phenoxy) is 1. The summed E-state index contributed by atoms with van der Waals surface area (Å²) in [4.78, 5) is 10.6. The van der Waals surface area contributed by atoms with E-state index in [-0.39, 0.29) is 0 Å². The van der Waals surface area contributed by atoms with E-state index in [1.165, 1.54) is 13.4 Å². The van der Waals surface area contributed by atoms with E-state index in [0.29, 0.717) is 0 Å². The molecule has 0 aliphatic rings. The molecular weight excluding hydrogens is 154 g/mol. The predicted octanol–water partition coefficient (Wildman–Crippen LogP) is -0.569. The van der Waals surface area contributed by atoms with Gasteiger partial charge in [-0.2, -0.15) is 0 Å². The molecule has 0 rings (SSSR count). The van der Waals surface area contributed by atoms with Crippen LogP contribution in [0.4, 0.5) is 0 Å². The number of esters is 1.